The van der Waals surface area contributed by atoms with Crippen molar-refractivity contribution < 1.29 is 19.5 Å². The van der Waals surface area contributed by atoms with Crippen molar-refractivity contribution in [2.75, 3.05) is 18.6 Å². The molecular weight excluding hydrogens is 404 g/mol. The van der Waals surface area contributed by atoms with Crippen LogP contribution in [0.4, 0.5) is 0 Å². The van der Waals surface area contributed by atoms with E-state index in [-0.39, 0.29) is 16.8 Å². The molecule has 6 nitrogen and oxygen atoms in total. The number of hydrogen-bond donors (Lipinski definition) is 2. The van der Waals surface area contributed by atoms with Crippen LogP contribution in [-0.2, 0) is 14.4 Å². The molecule has 1 aromatic carbocycles. The maximum Gasteiger partial charge on any atom is 0.326 e. The van der Waals surface area contributed by atoms with E-state index in [4.69, 9.17) is 12.2 Å². The number of amides is 2. The van der Waals surface area contributed by atoms with Crippen molar-refractivity contribution in [2.45, 2.75) is 19.4 Å². The van der Waals surface area contributed by atoms with E-state index in [0.717, 1.165) is 22.9 Å². The average molecular weight is 425 g/mol. The molecular formula is C18H20N2O4S3. The van der Waals surface area contributed by atoms with Gasteiger partial charge in [-0.1, -0.05) is 53.8 Å². The fourth-order valence-corrected chi connectivity index (χ4v) is 4.05. The minimum absolute atomic E-state index is 0.282. The predicted octanol–water partition coefficient (Wildman–Crippen LogP) is 2.52. The minimum atomic E-state index is -1.10. The quantitative estimate of drug-likeness (QED) is 0.490. The lowest BCUT2D eigenvalue weighted by Crippen LogP contribution is -2.46. The number of thioether (sulfide) groups is 2. The van der Waals surface area contributed by atoms with Crippen LogP contribution < -0.4 is 5.32 Å². The topological polar surface area (TPSA) is 86.7 Å². The average Bonchev–Trinajstić information content (AvgIpc) is 2.87. The lowest BCUT2D eigenvalue weighted by atomic mass is 10.1. The van der Waals surface area contributed by atoms with Crippen LogP contribution in [-0.4, -0.2) is 56.7 Å². The molecule has 2 rings (SSSR count). The van der Waals surface area contributed by atoms with Gasteiger partial charge in [0.1, 0.15) is 16.9 Å². The second-order valence-corrected chi connectivity index (χ2v) is 8.58. The molecule has 1 unspecified atom stereocenters. The zero-order valence-electron chi connectivity index (χ0n) is 14.9. The van der Waals surface area contributed by atoms with Crippen LogP contribution in [0.1, 0.15) is 17.5 Å². The third-order valence-electron chi connectivity index (χ3n) is 3.79. The normalized spacial score (nSPS) is 16.7. The zero-order chi connectivity index (χ0) is 20.0. The summed E-state index contributed by atoms with van der Waals surface area (Å²) in [6.07, 6.45) is 3.91. The number of carboxylic acid groups (broad SMARTS) is 1. The second-order valence-electron chi connectivity index (χ2n) is 5.92. The number of carbonyl (C=O) groups excluding carboxylic acids is 2. The first-order valence-electron chi connectivity index (χ1n) is 8.15. The molecule has 0 spiro atoms. The van der Waals surface area contributed by atoms with Gasteiger partial charge >= 0.3 is 5.97 Å². The molecule has 1 aromatic rings. The number of aliphatic carboxylic acids is 1. The van der Waals surface area contributed by atoms with E-state index >= 15 is 0 Å². The Morgan fingerprint density at radius 3 is 2.63 bits per heavy atom. The highest BCUT2D eigenvalue weighted by Crippen LogP contribution is 2.32. The largest absolute Gasteiger partial charge is 0.480 e. The van der Waals surface area contributed by atoms with Crippen molar-refractivity contribution in [1.29, 1.82) is 0 Å². The zero-order valence-corrected chi connectivity index (χ0v) is 17.4. The number of carbonyl (C=O) groups is 3. The SMILES string of the molecule is CSCCC(NC(=O)CN1C(=O)/C(=C\c2ccc(C)cc2)SC1=S)C(=O)O. The maximum atomic E-state index is 12.6. The highest BCUT2D eigenvalue weighted by molar-refractivity contribution is 8.26. The molecule has 0 radical (unpaired) electrons. The van der Waals surface area contributed by atoms with Crippen LogP contribution in [0.15, 0.2) is 29.2 Å². The van der Waals surface area contributed by atoms with Gasteiger partial charge in [0.05, 0.1) is 4.91 Å². The lowest BCUT2D eigenvalue weighted by molar-refractivity contribution is -0.142. The Hall–Kier alpha value is -1.84. The Kier molecular flexibility index (Phi) is 7.88. The molecule has 144 valence electrons. The first kappa shape index (κ1) is 21.5. The molecule has 1 heterocycles. The van der Waals surface area contributed by atoms with Crippen LogP contribution in [0.2, 0.25) is 0 Å². The van der Waals surface area contributed by atoms with Gasteiger partial charge in [-0.25, -0.2) is 4.79 Å². The number of nitrogens with zero attached hydrogens (tertiary/aromatic N) is 1. The molecule has 0 saturated carbocycles. The summed E-state index contributed by atoms with van der Waals surface area (Å²) in [5, 5.41) is 11.7. The van der Waals surface area contributed by atoms with Gasteiger partial charge in [-0.3, -0.25) is 14.5 Å². The Labute approximate surface area is 171 Å². The summed E-state index contributed by atoms with van der Waals surface area (Å²) >= 11 is 7.84. The van der Waals surface area contributed by atoms with Gasteiger partial charge < -0.3 is 10.4 Å². The van der Waals surface area contributed by atoms with Crippen molar-refractivity contribution in [3.63, 3.8) is 0 Å². The van der Waals surface area contributed by atoms with E-state index in [0.29, 0.717) is 17.1 Å². The fourth-order valence-electron chi connectivity index (χ4n) is 2.33. The van der Waals surface area contributed by atoms with Gasteiger partial charge in [0.2, 0.25) is 5.91 Å². The number of aryl methyl sites for hydroxylation is 1. The minimum Gasteiger partial charge on any atom is -0.480 e. The summed E-state index contributed by atoms with van der Waals surface area (Å²) in [6, 6.07) is 6.71. The van der Waals surface area contributed by atoms with E-state index in [1.807, 2.05) is 37.4 Å². The molecule has 1 aliphatic heterocycles. The van der Waals surface area contributed by atoms with Crippen molar-refractivity contribution in [1.82, 2.24) is 10.2 Å². The van der Waals surface area contributed by atoms with Crippen molar-refractivity contribution in [3.05, 3.63) is 40.3 Å². The highest BCUT2D eigenvalue weighted by atomic mass is 32.2. The summed E-state index contributed by atoms with van der Waals surface area (Å²) in [5.74, 6) is -1.38. The third kappa shape index (κ3) is 6.08. The summed E-state index contributed by atoms with van der Waals surface area (Å²) in [5.41, 5.74) is 1.99. The van der Waals surface area contributed by atoms with Gasteiger partial charge in [0.25, 0.3) is 5.91 Å². The number of carboxylic acids is 1. The molecule has 0 aliphatic carbocycles. The summed E-state index contributed by atoms with van der Waals surface area (Å²) in [4.78, 5) is 37.6. The molecule has 2 N–H and O–H groups in total. The summed E-state index contributed by atoms with van der Waals surface area (Å²) < 4.78 is 0.282. The Balaban J connectivity index is 2.03. The van der Waals surface area contributed by atoms with Gasteiger partial charge in [0, 0.05) is 0 Å². The lowest BCUT2D eigenvalue weighted by Gasteiger charge is -2.17. The van der Waals surface area contributed by atoms with Gasteiger partial charge in [0.15, 0.2) is 0 Å². The van der Waals surface area contributed by atoms with Gasteiger partial charge in [-0.05, 0) is 37.0 Å². The van der Waals surface area contributed by atoms with Gasteiger partial charge in [-0.15, -0.1) is 0 Å². The first-order chi connectivity index (χ1) is 12.8. The molecule has 2 amide bonds. The third-order valence-corrected chi connectivity index (χ3v) is 5.82. The van der Waals surface area contributed by atoms with Crippen LogP contribution in [0.5, 0.6) is 0 Å². The number of hydrogen-bond acceptors (Lipinski definition) is 6. The monoisotopic (exact) mass is 424 g/mol. The number of benzene rings is 1. The standard InChI is InChI=1S/C18H20N2O4S3/c1-11-3-5-12(6-4-11)9-14-16(22)20(18(25)27-14)10-15(21)19-13(17(23)24)7-8-26-2/h3-6,9,13H,7-8,10H2,1-2H3,(H,19,21)(H,23,24)/b14-9+. The molecule has 9 heteroatoms. The fraction of sp³-hybridized carbons (Fsp3) is 0.333. The molecule has 1 atom stereocenters. The van der Waals surface area contributed by atoms with Crippen molar-refractivity contribution >= 4 is 63.9 Å². The number of thiocarbonyl (C=S) groups is 1. The smallest absolute Gasteiger partial charge is 0.326 e. The van der Waals surface area contributed by atoms with Crippen LogP contribution in [0.25, 0.3) is 6.08 Å². The Bertz CT molecular complexity index is 777. The number of nitrogens with one attached hydrogen (secondary N) is 1. The van der Waals surface area contributed by atoms with Crippen LogP contribution in [0, 0.1) is 6.92 Å². The maximum absolute atomic E-state index is 12.6. The molecule has 0 bridgehead atoms. The summed E-state index contributed by atoms with van der Waals surface area (Å²) in [6.45, 7) is 1.68. The molecule has 1 aliphatic rings. The molecule has 27 heavy (non-hydrogen) atoms. The van der Waals surface area contributed by atoms with E-state index in [1.165, 1.54) is 16.7 Å². The van der Waals surface area contributed by atoms with Crippen molar-refractivity contribution in [2.24, 2.45) is 0 Å². The second kappa shape index (κ2) is 9.91. The number of rotatable bonds is 8. The van der Waals surface area contributed by atoms with E-state index in [2.05, 4.69) is 5.32 Å². The van der Waals surface area contributed by atoms with E-state index in [1.54, 1.807) is 6.08 Å². The summed E-state index contributed by atoms with van der Waals surface area (Å²) in [7, 11) is 0. The highest BCUT2D eigenvalue weighted by Gasteiger charge is 2.34. The first-order valence-corrected chi connectivity index (χ1v) is 10.8. The van der Waals surface area contributed by atoms with Crippen LogP contribution >= 0.6 is 35.7 Å². The van der Waals surface area contributed by atoms with Gasteiger partial charge in [-0.2, -0.15) is 11.8 Å². The van der Waals surface area contributed by atoms with Crippen molar-refractivity contribution in [3.8, 4) is 0 Å². The van der Waals surface area contributed by atoms with E-state index in [9.17, 15) is 19.5 Å². The molecule has 1 saturated heterocycles. The Morgan fingerprint density at radius 2 is 2.04 bits per heavy atom. The predicted molar refractivity (Wildman–Crippen MR) is 114 cm³/mol. The molecule has 1 fully saturated rings. The van der Waals surface area contributed by atoms with E-state index < -0.39 is 17.9 Å². The Morgan fingerprint density at radius 1 is 1.37 bits per heavy atom. The van der Waals surface area contributed by atoms with Crippen LogP contribution in [0.3, 0.4) is 0 Å². The molecule has 0 aromatic heterocycles.